The van der Waals surface area contributed by atoms with Crippen LogP contribution in [-0.2, 0) is 0 Å². The largest absolute Gasteiger partial charge is 0.490 e. The number of nitrogens with one attached hydrogen (secondary N) is 2. The number of rotatable bonds is 7. The molecule has 0 saturated carbocycles. The second kappa shape index (κ2) is 14.1. The summed E-state index contributed by atoms with van der Waals surface area (Å²) in [5.74, 6) is 4.13. The zero-order valence-electron chi connectivity index (χ0n) is 23.8. The number of anilines is 2. The molecule has 10 heteroatoms. The molecule has 212 valence electrons. The minimum absolute atomic E-state index is 0.280. The second-order valence-corrected chi connectivity index (χ2v) is 9.11. The van der Waals surface area contributed by atoms with Crippen molar-refractivity contribution in [2.75, 3.05) is 38.6 Å². The third-order valence-corrected chi connectivity index (χ3v) is 6.34. The molecule has 0 spiro atoms. The summed E-state index contributed by atoms with van der Waals surface area (Å²) in [7, 11) is 1.62. The van der Waals surface area contributed by atoms with Crippen LogP contribution in [0.2, 0.25) is 0 Å². The number of halogens is 1. The highest BCUT2D eigenvalue weighted by Gasteiger charge is 2.23. The van der Waals surface area contributed by atoms with Gasteiger partial charge in [0.15, 0.2) is 12.8 Å². The van der Waals surface area contributed by atoms with Crippen LogP contribution in [0.5, 0.6) is 11.5 Å². The molecule has 2 aliphatic rings. The van der Waals surface area contributed by atoms with Gasteiger partial charge in [-0.1, -0.05) is 6.92 Å². The van der Waals surface area contributed by atoms with Crippen molar-refractivity contribution in [1.29, 1.82) is 0 Å². The summed E-state index contributed by atoms with van der Waals surface area (Å²) < 4.78 is 29.2. The Morgan fingerprint density at radius 1 is 1.32 bits per heavy atom. The van der Waals surface area contributed by atoms with Crippen LogP contribution in [0.4, 0.5) is 21.6 Å². The van der Waals surface area contributed by atoms with Crippen LogP contribution in [-0.4, -0.2) is 65.3 Å². The van der Waals surface area contributed by atoms with Crippen molar-refractivity contribution in [2.45, 2.75) is 27.2 Å². The SMILES string of the molecule is C#CCC.C/C=N\N1C=CC(Oc2cc(F)c(Nc3ncnc4ccc([N+]5=CCNCC5)c(OC)c34)cc2C)=CC1. The summed E-state index contributed by atoms with van der Waals surface area (Å²) in [4.78, 5) is 8.83. The molecule has 5 rings (SSSR count). The number of hydrogen-bond donors (Lipinski definition) is 2. The predicted octanol–water partition coefficient (Wildman–Crippen LogP) is 5.27. The average molecular weight is 557 g/mol. The van der Waals surface area contributed by atoms with Crippen molar-refractivity contribution in [3.05, 3.63) is 66.1 Å². The molecule has 9 nitrogen and oxygen atoms in total. The number of benzene rings is 2. The molecule has 3 heterocycles. The molecule has 3 aromatic rings. The fourth-order valence-corrected chi connectivity index (χ4v) is 4.33. The number of methoxy groups -OCH3 is 1. The van der Waals surface area contributed by atoms with E-state index in [0.717, 1.165) is 37.3 Å². The van der Waals surface area contributed by atoms with E-state index >= 15 is 4.39 Å². The van der Waals surface area contributed by atoms with E-state index in [0.29, 0.717) is 40.5 Å². The van der Waals surface area contributed by atoms with E-state index in [1.807, 2.05) is 45.2 Å². The Morgan fingerprint density at radius 2 is 2.15 bits per heavy atom. The van der Waals surface area contributed by atoms with Gasteiger partial charge in [0, 0.05) is 31.0 Å². The summed E-state index contributed by atoms with van der Waals surface area (Å²) in [5.41, 5.74) is 2.66. The van der Waals surface area contributed by atoms with Crippen molar-refractivity contribution in [2.24, 2.45) is 5.10 Å². The van der Waals surface area contributed by atoms with Gasteiger partial charge < -0.3 is 20.1 Å². The smallest absolute Gasteiger partial charge is 0.248 e. The van der Waals surface area contributed by atoms with Crippen LogP contribution in [0, 0.1) is 25.1 Å². The summed E-state index contributed by atoms with van der Waals surface area (Å²) in [6, 6.07) is 7.00. The lowest BCUT2D eigenvalue weighted by atomic mass is 10.1. The molecule has 0 fully saturated rings. The van der Waals surface area contributed by atoms with Crippen LogP contribution < -0.4 is 20.1 Å². The molecule has 0 bridgehead atoms. The van der Waals surface area contributed by atoms with Crippen LogP contribution in [0.1, 0.15) is 25.8 Å². The van der Waals surface area contributed by atoms with E-state index in [1.165, 1.54) is 12.4 Å². The summed E-state index contributed by atoms with van der Waals surface area (Å²) >= 11 is 0. The highest BCUT2D eigenvalue weighted by molar-refractivity contribution is 5.98. The second-order valence-electron chi connectivity index (χ2n) is 9.11. The Morgan fingerprint density at radius 3 is 2.80 bits per heavy atom. The van der Waals surface area contributed by atoms with Crippen molar-refractivity contribution < 1.29 is 18.4 Å². The third kappa shape index (κ3) is 7.07. The third-order valence-electron chi connectivity index (χ3n) is 6.34. The number of ether oxygens (including phenoxy) is 2. The molecular formula is C31H35FN7O2+. The van der Waals surface area contributed by atoms with Crippen LogP contribution in [0.15, 0.2) is 59.8 Å². The van der Waals surface area contributed by atoms with E-state index in [4.69, 9.17) is 15.9 Å². The average Bonchev–Trinajstić information content (AvgIpc) is 3.00. The van der Waals surface area contributed by atoms with Crippen molar-refractivity contribution in [3.8, 4) is 23.8 Å². The minimum atomic E-state index is -0.462. The van der Waals surface area contributed by atoms with E-state index in [9.17, 15) is 0 Å². The van der Waals surface area contributed by atoms with Crippen LogP contribution >= 0.6 is 0 Å². The van der Waals surface area contributed by atoms with Crippen LogP contribution in [0.3, 0.4) is 0 Å². The minimum Gasteiger partial charge on any atom is -0.490 e. The van der Waals surface area contributed by atoms with Gasteiger partial charge >= 0.3 is 0 Å². The Labute approximate surface area is 240 Å². The number of hydrazone groups is 1. The molecule has 0 radical (unpaired) electrons. The Balaban J connectivity index is 0.000000909. The van der Waals surface area contributed by atoms with Gasteiger partial charge in [0.1, 0.15) is 29.5 Å². The number of nitrogens with zero attached hydrogens (tertiary/aromatic N) is 5. The lowest BCUT2D eigenvalue weighted by molar-refractivity contribution is -0.438. The zero-order valence-corrected chi connectivity index (χ0v) is 23.8. The zero-order chi connectivity index (χ0) is 29.2. The van der Waals surface area contributed by atoms with Crippen molar-refractivity contribution in [1.82, 2.24) is 20.3 Å². The van der Waals surface area contributed by atoms with Gasteiger partial charge in [-0.2, -0.15) is 9.68 Å². The molecule has 2 aliphatic heterocycles. The Hall–Kier alpha value is -4.75. The van der Waals surface area contributed by atoms with Gasteiger partial charge in [0.05, 0.1) is 43.3 Å². The van der Waals surface area contributed by atoms with Crippen molar-refractivity contribution in [3.63, 3.8) is 0 Å². The first-order valence-electron chi connectivity index (χ1n) is 13.4. The van der Waals surface area contributed by atoms with E-state index in [-0.39, 0.29) is 5.69 Å². The fraction of sp³-hybridized carbons (Fsp3) is 0.290. The molecule has 1 aromatic heterocycles. The normalized spacial score (nSPS) is 14.6. The number of allylic oxidation sites excluding steroid dienone is 1. The lowest BCUT2D eigenvalue weighted by Crippen LogP contribution is -2.33. The van der Waals surface area contributed by atoms with E-state index in [1.54, 1.807) is 30.5 Å². The maximum Gasteiger partial charge on any atom is 0.248 e. The first-order chi connectivity index (χ1) is 20.0. The summed E-state index contributed by atoms with van der Waals surface area (Å²) in [6.07, 6.45) is 16.4. The Bertz CT molecular complexity index is 1560. The fourth-order valence-electron chi connectivity index (χ4n) is 4.33. The molecule has 2 aromatic carbocycles. The van der Waals surface area contributed by atoms with Crippen LogP contribution in [0.25, 0.3) is 10.9 Å². The highest BCUT2D eigenvalue weighted by atomic mass is 19.1. The Kier molecular flexibility index (Phi) is 10.0. The van der Waals surface area contributed by atoms with Gasteiger partial charge in [-0.05, 0) is 43.7 Å². The first kappa shape index (κ1) is 29.2. The molecule has 2 N–H and O–H groups in total. The molecule has 0 saturated heterocycles. The number of aryl methyl sites for hydroxylation is 1. The topological polar surface area (TPSA) is 86.9 Å². The first-order valence-corrected chi connectivity index (χ1v) is 13.4. The van der Waals surface area contributed by atoms with Gasteiger partial charge in [-0.15, -0.1) is 12.3 Å². The van der Waals surface area contributed by atoms with Crippen molar-refractivity contribution >= 4 is 40.5 Å². The number of aromatic nitrogens is 2. The van der Waals surface area contributed by atoms with Gasteiger partial charge in [-0.25, -0.2) is 14.4 Å². The van der Waals surface area contributed by atoms with E-state index in [2.05, 4.69) is 42.4 Å². The quantitative estimate of drug-likeness (QED) is 0.233. The lowest BCUT2D eigenvalue weighted by Gasteiger charge is -2.19. The molecule has 41 heavy (non-hydrogen) atoms. The standard InChI is InChI=1S/C27H29FN7O2.C4H6/c1-4-32-35-11-7-19(8-12-35)37-24-16-20(28)22(15-18(24)2)33-27-25-21(30-17-31-27)5-6-23(26(25)36-3)34-13-9-29-10-14-34;1-3-4-2/h4-8,11,13,15-17,29H,9-10,12,14H2,1-3H3,(H,30,31,33);1H,4H2,2H3/q+1;/b32-4-;. The number of terminal acetylenes is 1. The maximum absolute atomic E-state index is 15.3. The predicted molar refractivity (Wildman–Crippen MR) is 162 cm³/mol. The number of hydrogen-bond acceptors (Lipinski definition) is 8. The summed E-state index contributed by atoms with van der Waals surface area (Å²) in [5, 5.41) is 13.1. The number of fused-ring (bicyclic) bond motifs is 1. The monoisotopic (exact) mass is 556 g/mol. The maximum atomic E-state index is 15.3. The van der Waals surface area contributed by atoms with Gasteiger partial charge in [-0.3, -0.25) is 5.01 Å². The van der Waals surface area contributed by atoms with Gasteiger partial charge in [0.2, 0.25) is 11.4 Å². The summed E-state index contributed by atoms with van der Waals surface area (Å²) in [6.45, 7) is 8.70. The molecule has 0 unspecified atom stereocenters. The van der Waals surface area contributed by atoms with Gasteiger partial charge in [0.25, 0.3) is 0 Å². The molecule has 0 aliphatic carbocycles. The van der Waals surface area contributed by atoms with E-state index < -0.39 is 5.82 Å². The molecule has 0 amide bonds. The molecular weight excluding hydrogens is 521 g/mol. The highest BCUT2D eigenvalue weighted by Crippen LogP contribution is 2.39. The molecule has 0 atom stereocenters.